The molecule has 1 aromatic heterocycles. The molecule has 0 N–H and O–H groups in total. The van der Waals surface area contributed by atoms with Gasteiger partial charge in [0, 0.05) is 33.7 Å². The molecule has 11 nitrogen and oxygen atoms in total. The number of benzene rings is 3. The number of non-ortho nitro benzene ring substituents is 1. The van der Waals surface area contributed by atoms with Crippen molar-refractivity contribution in [2.24, 2.45) is 5.10 Å². The zero-order valence-corrected chi connectivity index (χ0v) is 22.2. The number of nitrogens with zero attached hydrogens (tertiary/aromatic N) is 5. The highest BCUT2D eigenvalue weighted by atomic mass is 79.9. The van der Waals surface area contributed by atoms with E-state index in [4.69, 9.17) is 4.74 Å². The van der Waals surface area contributed by atoms with Gasteiger partial charge in [0.15, 0.2) is 0 Å². The first-order valence-corrected chi connectivity index (χ1v) is 12.2. The minimum Gasteiger partial charge on any atom is -0.481 e. The molecule has 0 saturated heterocycles. The van der Waals surface area contributed by atoms with Crippen LogP contribution < -0.4 is 10.3 Å². The topological polar surface area (TPSA) is 143 Å². The van der Waals surface area contributed by atoms with Gasteiger partial charge in [0.25, 0.3) is 11.2 Å². The molecule has 0 bridgehead atoms. The van der Waals surface area contributed by atoms with Gasteiger partial charge in [0.05, 0.1) is 27.0 Å². The minimum atomic E-state index is -0.579. The van der Waals surface area contributed by atoms with Crippen LogP contribution in [-0.2, 0) is 12.0 Å². The number of fused-ring (bicyclic) bond motifs is 1. The van der Waals surface area contributed by atoms with Crippen LogP contribution in [0.4, 0.5) is 11.4 Å². The van der Waals surface area contributed by atoms with Gasteiger partial charge in [-0.05, 0) is 42.0 Å². The van der Waals surface area contributed by atoms with E-state index in [2.05, 4.69) is 26.0 Å². The summed E-state index contributed by atoms with van der Waals surface area (Å²) in [5.41, 5.74) is 0.0567. The Hall–Kier alpha value is -4.45. The Balaban J connectivity index is 1.78. The Kier molecular flexibility index (Phi) is 7.35. The molecule has 3 aromatic carbocycles. The summed E-state index contributed by atoms with van der Waals surface area (Å²) in [7, 11) is 0. The van der Waals surface area contributed by atoms with Crippen LogP contribution in [0.5, 0.6) is 5.75 Å². The molecule has 0 saturated carbocycles. The highest BCUT2D eigenvalue weighted by Gasteiger charge is 2.24. The fourth-order valence-electron chi connectivity index (χ4n) is 3.68. The molecule has 38 heavy (non-hydrogen) atoms. The fraction of sp³-hybridized carbons (Fsp3) is 0.192. The number of nitro groups is 2. The van der Waals surface area contributed by atoms with Gasteiger partial charge in [-0.2, -0.15) is 9.78 Å². The summed E-state index contributed by atoms with van der Waals surface area (Å²) in [5.74, 6) is 0.355. The second-order valence-corrected chi connectivity index (χ2v) is 10.3. The number of para-hydroxylation sites is 1. The van der Waals surface area contributed by atoms with Crippen LogP contribution in [0, 0.1) is 20.2 Å². The Labute approximate surface area is 224 Å². The largest absolute Gasteiger partial charge is 0.481 e. The van der Waals surface area contributed by atoms with E-state index in [0.29, 0.717) is 26.8 Å². The van der Waals surface area contributed by atoms with Gasteiger partial charge < -0.3 is 4.74 Å². The number of halogens is 1. The molecule has 0 unspecified atom stereocenters. The summed E-state index contributed by atoms with van der Waals surface area (Å²) in [6, 6.07) is 15.2. The molecule has 0 aliphatic rings. The Morgan fingerprint density at radius 3 is 2.39 bits per heavy atom. The van der Waals surface area contributed by atoms with Gasteiger partial charge in [-0.25, -0.2) is 4.98 Å². The maximum absolute atomic E-state index is 13.4. The molecule has 0 aliphatic carbocycles. The lowest BCUT2D eigenvalue weighted by Crippen LogP contribution is -2.29. The van der Waals surface area contributed by atoms with E-state index < -0.39 is 20.8 Å². The molecule has 12 heteroatoms. The van der Waals surface area contributed by atoms with E-state index >= 15 is 0 Å². The van der Waals surface area contributed by atoms with Crippen LogP contribution in [-0.4, -0.2) is 25.7 Å². The van der Waals surface area contributed by atoms with Crippen molar-refractivity contribution in [2.75, 3.05) is 0 Å². The maximum Gasteiger partial charge on any atom is 0.311 e. The summed E-state index contributed by atoms with van der Waals surface area (Å²) < 4.78 is 7.71. The number of nitro benzene ring substituents is 2. The van der Waals surface area contributed by atoms with Gasteiger partial charge in [-0.3, -0.25) is 25.0 Å². The van der Waals surface area contributed by atoms with E-state index in [1.807, 2.05) is 20.8 Å². The van der Waals surface area contributed by atoms with Gasteiger partial charge >= 0.3 is 5.69 Å². The van der Waals surface area contributed by atoms with E-state index in [1.54, 1.807) is 24.3 Å². The molecule has 0 atom stereocenters. The Morgan fingerprint density at radius 2 is 1.76 bits per heavy atom. The summed E-state index contributed by atoms with van der Waals surface area (Å²) in [4.78, 5) is 39.6. The number of aromatic nitrogens is 2. The highest BCUT2D eigenvalue weighted by Crippen LogP contribution is 2.31. The molecule has 0 radical (unpaired) electrons. The van der Waals surface area contributed by atoms with Crippen LogP contribution in [0.25, 0.3) is 10.9 Å². The van der Waals surface area contributed by atoms with Gasteiger partial charge in [-0.1, -0.05) is 42.8 Å². The molecule has 1 heterocycles. The van der Waals surface area contributed by atoms with Crippen LogP contribution >= 0.6 is 15.9 Å². The first kappa shape index (κ1) is 26.6. The second-order valence-electron chi connectivity index (χ2n) is 9.37. The van der Waals surface area contributed by atoms with Crippen molar-refractivity contribution in [3.8, 4) is 5.75 Å². The average molecular weight is 580 g/mol. The molecule has 0 spiro atoms. The second kappa shape index (κ2) is 10.5. The summed E-state index contributed by atoms with van der Waals surface area (Å²) >= 11 is 3.38. The normalized spacial score (nSPS) is 11.7. The Morgan fingerprint density at radius 1 is 1.05 bits per heavy atom. The predicted octanol–water partition coefficient (Wildman–Crippen LogP) is 5.73. The van der Waals surface area contributed by atoms with E-state index in [1.165, 1.54) is 47.3 Å². The van der Waals surface area contributed by atoms with Crippen molar-refractivity contribution in [1.29, 1.82) is 0 Å². The van der Waals surface area contributed by atoms with Crippen LogP contribution in [0.3, 0.4) is 0 Å². The van der Waals surface area contributed by atoms with E-state index in [0.717, 1.165) is 0 Å². The predicted molar refractivity (Wildman–Crippen MR) is 146 cm³/mol. The third kappa shape index (κ3) is 5.59. The van der Waals surface area contributed by atoms with Crippen molar-refractivity contribution in [2.45, 2.75) is 32.8 Å². The number of ether oxygens (including phenoxy) is 1. The quantitative estimate of drug-likeness (QED) is 0.154. The number of rotatable bonds is 7. The van der Waals surface area contributed by atoms with Crippen molar-refractivity contribution in [3.05, 3.63) is 113 Å². The monoisotopic (exact) mass is 579 g/mol. The zero-order valence-electron chi connectivity index (χ0n) is 20.6. The smallest absolute Gasteiger partial charge is 0.311 e. The highest BCUT2D eigenvalue weighted by molar-refractivity contribution is 9.10. The third-order valence-corrected chi connectivity index (χ3v) is 6.04. The van der Waals surface area contributed by atoms with Crippen molar-refractivity contribution in [3.63, 3.8) is 0 Å². The zero-order chi connectivity index (χ0) is 27.6. The van der Waals surface area contributed by atoms with E-state index in [9.17, 15) is 25.0 Å². The first-order chi connectivity index (χ1) is 18.0. The van der Waals surface area contributed by atoms with Gasteiger partial charge in [-0.15, -0.1) is 0 Å². The molecular weight excluding hydrogens is 558 g/mol. The molecule has 0 amide bonds. The van der Waals surface area contributed by atoms with E-state index in [-0.39, 0.29) is 29.3 Å². The summed E-state index contributed by atoms with van der Waals surface area (Å²) in [6.45, 7) is 5.62. The minimum absolute atomic E-state index is 0.0542. The molecule has 4 aromatic rings. The van der Waals surface area contributed by atoms with Crippen LogP contribution in [0.15, 0.2) is 75.0 Å². The molecule has 0 aliphatic heterocycles. The summed E-state index contributed by atoms with van der Waals surface area (Å²) in [5, 5.41) is 27.4. The third-order valence-electron chi connectivity index (χ3n) is 5.54. The lowest BCUT2D eigenvalue weighted by Gasteiger charge is -2.21. The Bertz CT molecular complexity index is 1640. The fourth-order valence-corrected chi connectivity index (χ4v) is 4.04. The van der Waals surface area contributed by atoms with Gasteiger partial charge in [0.2, 0.25) is 5.75 Å². The van der Waals surface area contributed by atoms with Crippen molar-refractivity contribution in [1.82, 2.24) is 9.66 Å². The van der Waals surface area contributed by atoms with Crippen molar-refractivity contribution < 1.29 is 14.6 Å². The summed E-state index contributed by atoms with van der Waals surface area (Å²) in [6.07, 6.45) is 1.32. The number of hydrogen-bond donors (Lipinski definition) is 0. The van der Waals surface area contributed by atoms with Crippen LogP contribution in [0.2, 0.25) is 0 Å². The first-order valence-electron chi connectivity index (χ1n) is 11.4. The lowest BCUT2D eigenvalue weighted by atomic mass is 9.95. The van der Waals surface area contributed by atoms with Gasteiger partial charge in [0.1, 0.15) is 12.4 Å². The lowest BCUT2D eigenvalue weighted by molar-refractivity contribution is -0.386. The number of hydrogen-bond acceptors (Lipinski definition) is 8. The molecular formula is C26H22BrN5O6. The van der Waals surface area contributed by atoms with Crippen molar-refractivity contribution >= 4 is 44.4 Å². The average Bonchev–Trinajstić information content (AvgIpc) is 2.86. The molecule has 0 fully saturated rings. The molecule has 4 rings (SSSR count). The standard InChI is InChI=1S/C26H22BrN5O6/c1-26(2,3)25-29-21-12-9-18(27)13-20(21)24(33)30(25)28-14-17-5-4-6-22(32(36)37)23(17)38-15-16-7-10-19(11-8-16)31(34)35/h4-14H,15H2,1-3H3. The molecule has 194 valence electrons. The van der Waals surface area contributed by atoms with Crippen LogP contribution in [0.1, 0.15) is 37.7 Å². The SMILES string of the molecule is CC(C)(C)c1nc2ccc(Br)cc2c(=O)n1N=Cc1cccc([N+](=O)[O-])c1OCc1ccc([N+](=O)[O-])cc1. The maximum atomic E-state index is 13.4.